The normalized spacial score (nSPS) is 9.95. The molecule has 0 aromatic heterocycles. The number of halogens is 1. The van der Waals surface area contributed by atoms with Gasteiger partial charge in [-0.25, -0.2) is 9.18 Å². The van der Waals surface area contributed by atoms with Gasteiger partial charge in [-0.15, -0.1) is 0 Å². The van der Waals surface area contributed by atoms with Gasteiger partial charge in [0.1, 0.15) is 11.6 Å². The van der Waals surface area contributed by atoms with Crippen molar-refractivity contribution in [3.8, 4) is 5.75 Å². The Balaban J connectivity index is 1.90. The number of carbonyl (C=O) groups excluding carboxylic acids is 1. The molecule has 0 bridgehead atoms. The molecule has 0 saturated heterocycles. The number of hydrogen-bond donors (Lipinski definition) is 3. The predicted octanol–water partition coefficient (Wildman–Crippen LogP) is 2.85. The Morgan fingerprint density at radius 1 is 1.16 bits per heavy atom. The molecule has 0 aliphatic heterocycles. The third-order valence-electron chi connectivity index (χ3n) is 2.49. The van der Waals surface area contributed by atoms with E-state index in [2.05, 4.69) is 10.6 Å². The van der Waals surface area contributed by atoms with E-state index in [1.807, 2.05) is 0 Å². The number of amides is 2. The van der Waals surface area contributed by atoms with Crippen LogP contribution in [0.2, 0.25) is 0 Å². The smallest absolute Gasteiger partial charge is 0.319 e. The van der Waals surface area contributed by atoms with Gasteiger partial charge in [0.25, 0.3) is 0 Å². The van der Waals surface area contributed by atoms with Crippen molar-refractivity contribution in [1.82, 2.24) is 5.32 Å². The lowest BCUT2D eigenvalue weighted by Crippen LogP contribution is -2.28. The molecule has 0 saturated carbocycles. The van der Waals surface area contributed by atoms with E-state index in [0.29, 0.717) is 11.3 Å². The number of para-hydroxylation sites is 2. The first-order valence-corrected chi connectivity index (χ1v) is 5.72. The minimum atomic E-state index is -0.467. The third-order valence-corrected chi connectivity index (χ3v) is 2.49. The number of benzene rings is 2. The average Bonchev–Trinajstić information content (AvgIpc) is 2.39. The van der Waals surface area contributed by atoms with E-state index in [1.165, 1.54) is 18.2 Å². The molecule has 0 spiro atoms. The molecule has 2 aromatic carbocycles. The number of urea groups is 1. The first kappa shape index (κ1) is 12.9. The summed E-state index contributed by atoms with van der Waals surface area (Å²) < 4.78 is 12.9. The molecule has 0 heterocycles. The van der Waals surface area contributed by atoms with Gasteiger partial charge in [0.05, 0.1) is 5.69 Å². The summed E-state index contributed by atoms with van der Waals surface area (Å²) in [5.41, 5.74) is 0.978. The Morgan fingerprint density at radius 3 is 2.68 bits per heavy atom. The number of phenolic OH excluding ortho intramolecular Hbond substituents is 1. The maximum Gasteiger partial charge on any atom is 0.319 e. The van der Waals surface area contributed by atoms with Crippen molar-refractivity contribution in [2.45, 2.75) is 6.54 Å². The molecular weight excluding hydrogens is 247 g/mol. The molecule has 2 aromatic rings. The van der Waals surface area contributed by atoms with Crippen molar-refractivity contribution in [1.29, 1.82) is 0 Å². The van der Waals surface area contributed by atoms with Crippen LogP contribution in [0.4, 0.5) is 14.9 Å². The molecule has 4 nitrogen and oxygen atoms in total. The molecule has 19 heavy (non-hydrogen) atoms. The maximum atomic E-state index is 12.9. The van der Waals surface area contributed by atoms with Crippen molar-refractivity contribution in [3.63, 3.8) is 0 Å². The molecule has 0 unspecified atom stereocenters. The number of rotatable bonds is 3. The van der Waals surface area contributed by atoms with Crippen LogP contribution in [0.5, 0.6) is 5.75 Å². The fourth-order valence-corrected chi connectivity index (χ4v) is 1.58. The van der Waals surface area contributed by atoms with Gasteiger partial charge in [-0.2, -0.15) is 0 Å². The van der Waals surface area contributed by atoms with Gasteiger partial charge in [-0.05, 0) is 29.8 Å². The minimum Gasteiger partial charge on any atom is -0.506 e. The third kappa shape index (κ3) is 3.70. The van der Waals surface area contributed by atoms with E-state index in [9.17, 15) is 14.3 Å². The number of aromatic hydroxyl groups is 1. The average molecular weight is 260 g/mol. The molecule has 0 aliphatic rings. The van der Waals surface area contributed by atoms with Gasteiger partial charge in [-0.3, -0.25) is 0 Å². The summed E-state index contributed by atoms with van der Waals surface area (Å²) in [6, 6.07) is 11.9. The predicted molar refractivity (Wildman–Crippen MR) is 70.4 cm³/mol. The van der Waals surface area contributed by atoms with Crippen LogP contribution >= 0.6 is 0 Å². The van der Waals surface area contributed by atoms with Crippen LogP contribution in [-0.2, 0) is 6.54 Å². The highest BCUT2D eigenvalue weighted by Crippen LogP contribution is 2.21. The lowest BCUT2D eigenvalue weighted by molar-refractivity contribution is 0.251. The number of nitrogens with one attached hydrogen (secondary N) is 2. The highest BCUT2D eigenvalue weighted by molar-refractivity contribution is 5.90. The molecule has 0 aliphatic carbocycles. The van der Waals surface area contributed by atoms with Gasteiger partial charge >= 0.3 is 6.03 Å². The Morgan fingerprint density at radius 2 is 1.95 bits per heavy atom. The Kier molecular flexibility index (Phi) is 3.97. The summed E-state index contributed by atoms with van der Waals surface area (Å²) in [6.07, 6.45) is 0. The Bertz CT molecular complexity index is 587. The lowest BCUT2D eigenvalue weighted by Gasteiger charge is -2.08. The monoisotopic (exact) mass is 260 g/mol. The molecule has 3 N–H and O–H groups in total. The largest absolute Gasteiger partial charge is 0.506 e. The van der Waals surface area contributed by atoms with E-state index in [-0.39, 0.29) is 18.1 Å². The summed E-state index contributed by atoms with van der Waals surface area (Å²) in [6.45, 7) is 0.206. The van der Waals surface area contributed by atoms with Crippen molar-refractivity contribution in [2.24, 2.45) is 0 Å². The standard InChI is InChI=1S/C14H13FN2O2/c15-11-5-3-4-10(8-11)9-16-14(19)17-12-6-1-2-7-13(12)18/h1-8,18H,9H2,(H2,16,17,19). The number of carbonyl (C=O) groups is 1. The second kappa shape index (κ2) is 5.86. The molecule has 0 fully saturated rings. The highest BCUT2D eigenvalue weighted by atomic mass is 19.1. The van der Waals surface area contributed by atoms with Crippen LogP contribution in [0.25, 0.3) is 0 Å². The van der Waals surface area contributed by atoms with Gasteiger partial charge < -0.3 is 15.7 Å². The van der Waals surface area contributed by atoms with Crippen LogP contribution in [-0.4, -0.2) is 11.1 Å². The fourth-order valence-electron chi connectivity index (χ4n) is 1.58. The lowest BCUT2D eigenvalue weighted by atomic mass is 10.2. The summed E-state index contributed by atoms with van der Waals surface area (Å²) >= 11 is 0. The molecule has 2 amide bonds. The van der Waals surface area contributed by atoms with Crippen molar-refractivity contribution in [2.75, 3.05) is 5.32 Å². The van der Waals surface area contributed by atoms with Crippen LogP contribution in [0.15, 0.2) is 48.5 Å². The van der Waals surface area contributed by atoms with Gasteiger partial charge in [-0.1, -0.05) is 24.3 Å². The van der Waals surface area contributed by atoms with E-state index < -0.39 is 6.03 Å². The quantitative estimate of drug-likeness (QED) is 0.743. The van der Waals surface area contributed by atoms with Crippen molar-refractivity contribution in [3.05, 3.63) is 59.9 Å². The SMILES string of the molecule is O=C(NCc1cccc(F)c1)Nc1ccccc1O. The first-order chi connectivity index (χ1) is 9.15. The number of phenols is 1. The maximum absolute atomic E-state index is 12.9. The summed E-state index contributed by atoms with van der Waals surface area (Å²) in [5, 5.41) is 14.6. The van der Waals surface area contributed by atoms with E-state index >= 15 is 0 Å². The second-order valence-corrected chi connectivity index (χ2v) is 3.95. The summed E-state index contributed by atoms with van der Waals surface area (Å²) in [5.74, 6) is -0.358. The number of hydrogen-bond acceptors (Lipinski definition) is 2. The molecule has 0 radical (unpaired) electrons. The molecular formula is C14H13FN2O2. The summed E-state index contributed by atoms with van der Waals surface area (Å²) in [7, 11) is 0. The van der Waals surface area contributed by atoms with Crippen LogP contribution < -0.4 is 10.6 Å². The summed E-state index contributed by atoms with van der Waals surface area (Å²) in [4.78, 5) is 11.6. The van der Waals surface area contributed by atoms with Gasteiger partial charge in [0.2, 0.25) is 0 Å². The molecule has 5 heteroatoms. The van der Waals surface area contributed by atoms with Gasteiger partial charge in [0.15, 0.2) is 0 Å². The van der Waals surface area contributed by atoms with Crippen LogP contribution in [0, 0.1) is 5.82 Å². The number of anilines is 1. The van der Waals surface area contributed by atoms with Crippen molar-refractivity contribution >= 4 is 11.7 Å². The van der Waals surface area contributed by atoms with Gasteiger partial charge in [0, 0.05) is 6.54 Å². The second-order valence-electron chi connectivity index (χ2n) is 3.95. The fraction of sp³-hybridized carbons (Fsp3) is 0.0714. The first-order valence-electron chi connectivity index (χ1n) is 5.72. The zero-order valence-electron chi connectivity index (χ0n) is 10.1. The van der Waals surface area contributed by atoms with E-state index in [4.69, 9.17) is 0 Å². The van der Waals surface area contributed by atoms with Crippen LogP contribution in [0.1, 0.15) is 5.56 Å². The van der Waals surface area contributed by atoms with Crippen molar-refractivity contribution < 1.29 is 14.3 Å². The topological polar surface area (TPSA) is 61.4 Å². The molecule has 2 rings (SSSR count). The Hall–Kier alpha value is -2.56. The molecule has 0 atom stereocenters. The minimum absolute atomic E-state index is 0.0107. The van der Waals surface area contributed by atoms with E-state index in [0.717, 1.165) is 0 Å². The zero-order valence-corrected chi connectivity index (χ0v) is 10.1. The van der Waals surface area contributed by atoms with E-state index in [1.54, 1.807) is 30.3 Å². The van der Waals surface area contributed by atoms with Crippen LogP contribution in [0.3, 0.4) is 0 Å². The highest BCUT2D eigenvalue weighted by Gasteiger charge is 2.05. The Labute approximate surface area is 109 Å². The zero-order chi connectivity index (χ0) is 13.7. The molecule has 98 valence electrons.